The van der Waals surface area contributed by atoms with Crippen molar-refractivity contribution >= 4 is 0 Å². The van der Waals surface area contributed by atoms with E-state index in [0.717, 1.165) is 0 Å². The Morgan fingerprint density at radius 2 is 2.38 bits per heavy atom. The van der Waals surface area contributed by atoms with Gasteiger partial charge in [-0.2, -0.15) is 0 Å². The number of rotatable bonds is 4. The molecule has 0 aliphatic rings. The number of aliphatic hydroxyl groups excluding tert-OH is 1. The summed E-state index contributed by atoms with van der Waals surface area (Å²) in [7, 11) is 1.56. The topological polar surface area (TPSA) is 55.5 Å². The molecular weight excluding hydrogens is 106 g/mol. The molecule has 0 fully saturated rings. The molecule has 0 heterocycles. The van der Waals surface area contributed by atoms with Crippen LogP contribution >= 0.6 is 0 Å². The van der Waals surface area contributed by atoms with Gasteiger partial charge in [-0.15, -0.1) is 0 Å². The maximum Gasteiger partial charge on any atom is 0.0785 e. The monoisotopic (exact) mass is 119 g/mol. The van der Waals surface area contributed by atoms with Crippen molar-refractivity contribution in [2.24, 2.45) is 5.73 Å². The molecule has 0 aromatic carbocycles. The van der Waals surface area contributed by atoms with E-state index in [9.17, 15) is 0 Å². The lowest BCUT2D eigenvalue weighted by Crippen LogP contribution is -2.18. The number of hydrogen-bond acceptors (Lipinski definition) is 3. The number of methoxy groups -OCH3 is 1. The fourth-order valence-electron chi connectivity index (χ4n) is 0.468. The molecule has 50 valence electrons. The van der Waals surface area contributed by atoms with Crippen LogP contribution in [-0.2, 0) is 4.74 Å². The molecule has 3 nitrogen and oxygen atoms in total. The Hall–Kier alpha value is -0.120. The Kier molecular flexibility index (Phi) is 4.95. The van der Waals surface area contributed by atoms with Crippen LogP contribution in [0.2, 0.25) is 0 Å². The summed E-state index contributed by atoms with van der Waals surface area (Å²) >= 11 is 0. The summed E-state index contributed by atoms with van der Waals surface area (Å²) in [5.41, 5.74) is 5.14. The summed E-state index contributed by atoms with van der Waals surface area (Å²) in [6, 6.07) is 0. The lowest BCUT2D eigenvalue weighted by atomic mass is 10.3. The smallest absolute Gasteiger partial charge is 0.0785 e. The second kappa shape index (κ2) is 5.03. The van der Waals surface area contributed by atoms with Gasteiger partial charge in [0, 0.05) is 7.11 Å². The molecular formula is C5H13NO2. The first-order valence-corrected chi connectivity index (χ1v) is 2.68. The van der Waals surface area contributed by atoms with Crippen LogP contribution in [0.1, 0.15) is 6.42 Å². The van der Waals surface area contributed by atoms with Crippen LogP contribution < -0.4 is 5.73 Å². The number of hydrogen-bond donors (Lipinski definition) is 2. The quantitative estimate of drug-likeness (QED) is 0.516. The molecule has 0 aliphatic heterocycles. The fourth-order valence-corrected chi connectivity index (χ4v) is 0.468. The molecule has 1 unspecified atom stereocenters. The average Bonchev–Trinajstić information content (AvgIpc) is 1.68. The Balaban J connectivity index is 2.92. The van der Waals surface area contributed by atoms with E-state index in [0.29, 0.717) is 19.6 Å². The largest absolute Gasteiger partial charge is 0.391 e. The van der Waals surface area contributed by atoms with Gasteiger partial charge >= 0.3 is 0 Å². The van der Waals surface area contributed by atoms with Crippen LogP contribution in [0.5, 0.6) is 0 Å². The summed E-state index contributed by atoms with van der Waals surface area (Å²) < 4.78 is 4.65. The van der Waals surface area contributed by atoms with E-state index in [1.807, 2.05) is 0 Å². The Morgan fingerprint density at radius 3 is 2.75 bits per heavy atom. The van der Waals surface area contributed by atoms with Crippen LogP contribution in [0.15, 0.2) is 0 Å². The van der Waals surface area contributed by atoms with Gasteiger partial charge in [0.2, 0.25) is 0 Å². The van der Waals surface area contributed by atoms with Crippen molar-refractivity contribution in [3.8, 4) is 0 Å². The lowest BCUT2D eigenvalue weighted by Gasteiger charge is -2.05. The van der Waals surface area contributed by atoms with E-state index in [2.05, 4.69) is 4.74 Å². The van der Waals surface area contributed by atoms with Gasteiger partial charge in [0.05, 0.1) is 12.7 Å². The zero-order valence-electron chi connectivity index (χ0n) is 5.13. The van der Waals surface area contributed by atoms with Gasteiger partial charge in [0.25, 0.3) is 0 Å². The Bertz CT molecular complexity index is 43.7. The molecule has 3 N–H and O–H groups in total. The minimum absolute atomic E-state index is 0.384. The molecule has 0 saturated heterocycles. The van der Waals surface area contributed by atoms with Crippen LogP contribution in [-0.4, -0.2) is 31.5 Å². The number of ether oxygens (including phenoxy) is 1. The molecule has 0 amide bonds. The SMILES string of the molecule is COCC(O)CCN. The van der Waals surface area contributed by atoms with Crippen LogP contribution in [0.25, 0.3) is 0 Å². The Morgan fingerprint density at radius 1 is 1.75 bits per heavy atom. The zero-order valence-corrected chi connectivity index (χ0v) is 5.13. The van der Waals surface area contributed by atoms with E-state index in [1.54, 1.807) is 7.11 Å². The van der Waals surface area contributed by atoms with Gasteiger partial charge in [-0.25, -0.2) is 0 Å². The predicted octanol–water partition coefficient (Wildman–Crippen LogP) is -0.657. The molecule has 1 atom stereocenters. The first-order chi connectivity index (χ1) is 3.81. The predicted molar refractivity (Wildman–Crippen MR) is 31.6 cm³/mol. The highest BCUT2D eigenvalue weighted by Crippen LogP contribution is 1.87. The molecule has 0 aromatic rings. The maximum absolute atomic E-state index is 8.84. The summed E-state index contributed by atoms with van der Waals surface area (Å²) in [5, 5.41) is 8.84. The number of nitrogens with two attached hydrogens (primary N) is 1. The van der Waals surface area contributed by atoms with E-state index in [4.69, 9.17) is 10.8 Å². The molecule has 0 bridgehead atoms. The van der Waals surface area contributed by atoms with E-state index in [-0.39, 0.29) is 6.10 Å². The fraction of sp³-hybridized carbons (Fsp3) is 1.00. The summed E-state index contributed by atoms with van der Waals surface area (Å²) in [6.45, 7) is 0.904. The first-order valence-electron chi connectivity index (χ1n) is 2.68. The van der Waals surface area contributed by atoms with Crippen LogP contribution in [0.3, 0.4) is 0 Å². The van der Waals surface area contributed by atoms with Gasteiger partial charge < -0.3 is 15.6 Å². The van der Waals surface area contributed by atoms with Crippen molar-refractivity contribution in [2.45, 2.75) is 12.5 Å². The molecule has 8 heavy (non-hydrogen) atoms. The summed E-state index contributed by atoms with van der Waals surface area (Å²) in [6.07, 6.45) is 0.235. The summed E-state index contributed by atoms with van der Waals surface area (Å²) in [4.78, 5) is 0. The first kappa shape index (κ1) is 7.88. The van der Waals surface area contributed by atoms with E-state index >= 15 is 0 Å². The van der Waals surface area contributed by atoms with Gasteiger partial charge in [-0.1, -0.05) is 0 Å². The third kappa shape index (κ3) is 4.05. The highest BCUT2D eigenvalue weighted by molar-refractivity contribution is 4.52. The molecule has 0 aromatic heterocycles. The number of aliphatic hydroxyl groups is 1. The van der Waals surface area contributed by atoms with Crippen LogP contribution in [0, 0.1) is 0 Å². The van der Waals surface area contributed by atoms with E-state index in [1.165, 1.54) is 0 Å². The Labute approximate surface area is 49.4 Å². The van der Waals surface area contributed by atoms with Crippen molar-refractivity contribution in [3.63, 3.8) is 0 Å². The van der Waals surface area contributed by atoms with Gasteiger partial charge in [0.1, 0.15) is 0 Å². The van der Waals surface area contributed by atoms with Crippen molar-refractivity contribution in [3.05, 3.63) is 0 Å². The van der Waals surface area contributed by atoms with Crippen LogP contribution in [0.4, 0.5) is 0 Å². The molecule has 0 saturated carbocycles. The van der Waals surface area contributed by atoms with Gasteiger partial charge in [0.15, 0.2) is 0 Å². The van der Waals surface area contributed by atoms with Crippen molar-refractivity contribution in [1.29, 1.82) is 0 Å². The molecule has 3 heteroatoms. The van der Waals surface area contributed by atoms with Gasteiger partial charge in [-0.05, 0) is 13.0 Å². The molecule has 0 rings (SSSR count). The highest BCUT2D eigenvalue weighted by atomic mass is 16.5. The van der Waals surface area contributed by atoms with Crippen molar-refractivity contribution in [1.82, 2.24) is 0 Å². The van der Waals surface area contributed by atoms with Gasteiger partial charge in [-0.3, -0.25) is 0 Å². The molecule has 0 aliphatic carbocycles. The molecule has 0 spiro atoms. The molecule has 0 radical (unpaired) electrons. The standard InChI is InChI=1S/C5H13NO2/c1-8-4-5(7)2-3-6/h5,7H,2-4,6H2,1H3. The summed E-state index contributed by atoms with van der Waals surface area (Å²) in [5.74, 6) is 0. The average molecular weight is 119 g/mol. The third-order valence-electron chi connectivity index (χ3n) is 0.859. The minimum Gasteiger partial charge on any atom is -0.391 e. The minimum atomic E-state index is -0.384. The second-order valence-electron chi connectivity index (χ2n) is 1.69. The van der Waals surface area contributed by atoms with Crippen molar-refractivity contribution in [2.75, 3.05) is 20.3 Å². The lowest BCUT2D eigenvalue weighted by molar-refractivity contribution is 0.0609. The van der Waals surface area contributed by atoms with E-state index < -0.39 is 0 Å². The third-order valence-corrected chi connectivity index (χ3v) is 0.859. The highest BCUT2D eigenvalue weighted by Gasteiger charge is 1.98. The second-order valence-corrected chi connectivity index (χ2v) is 1.69. The van der Waals surface area contributed by atoms with Crippen molar-refractivity contribution < 1.29 is 9.84 Å². The zero-order chi connectivity index (χ0) is 6.41. The maximum atomic E-state index is 8.84. The normalized spacial score (nSPS) is 13.9.